The van der Waals surface area contributed by atoms with Crippen molar-refractivity contribution < 1.29 is 0 Å². The van der Waals surface area contributed by atoms with Crippen molar-refractivity contribution in [2.45, 2.75) is 13.5 Å². The van der Waals surface area contributed by atoms with Crippen LogP contribution in [0.15, 0.2) is 29.5 Å². The van der Waals surface area contributed by atoms with Crippen LogP contribution in [0.25, 0.3) is 0 Å². The molecule has 0 unspecified atom stereocenters. The van der Waals surface area contributed by atoms with Gasteiger partial charge >= 0.3 is 0 Å². The van der Waals surface area contributed by atoms with Gasteiger partial charge in [0.15, 0.2) is 0 Å². The van der Waals surface area contributed by atoms with Gasteiger partial charge in [0.05, 0.1) is 17.2 Å². The highest BCUT2D eigenvalue weighted by Crippen LogP contribution is 2.12. The van der Waals surface area contributed by atoms with Crippen molar-refractivity contribution in [3.8, 4) is 0 Å². The van der Waals surface area contributed by atoms with E-state index >= 15 is 0 Å². The highest BCUT2D eigenvalue weighted by molar-refractivity contribution is 7.11. The number of hydrogen-bond acceptors (Lipinski definition) is 4. The van der Waals surface area contributed by atoms with Gasteiger partial charge in [-0.15, -0.1) is 11.3 Å². The minimum absolute atomic E-state index is 0.133. The van der Waals surface area contributed by atoms with Crippen molar-refractivity contribution in [1.29, 1.82) is 0 Å². The smallest absolute Gasteiger partial charge is 0.204 e. The molecule has 0 radical (unpaired) electrons. The van der Waals surface area contributed by atoms with E-state index in [2.05, 4.69) is 4.98 Å². The van der Waals surface area contributed by atoms with Gasteiger partial charge in [0, 0.05) is 29.5 Å². The van der Waals surface area contributed by atoms with Gasteiger partial charge in [0.25, 0.3) is 0 Å². The maximum Gasteiger partial charge on any atom is 0.204 e. The lowest BCUT2D eigenvalue weighted by molar-refractivity contribution is 0.801. The molecular formula is C10H11N3OS. The fraction of sp³-hybridized carbons (Fsp3) is 0.200. The molecule has 15 heavy (non-hydrogen) atoms. The van der Waals surface area contributed by atoms with Crippen molar-refractivity contribution >= 4 is 17.0 Å². The third-order valence-corrected chi connectivity index (χ3v) is 2.91. The van der Waals surface area contributed by atoms with Crippen molar-refractivity contribution in [2.75, 3.05) is 5.73 Å². The Bertz CT molecular complexity index is 529. The number of nitrogens with two attached hydrogens (primary N) is 1. The lowest BCUT2D eigenvalue weighted by Gasteiger charge is -2.03. The van der Waals surface area contributed by atoms with Crippen molar-refractivity contribution in [3.63, 3.8) is 0 Å². The molecule has 0 atom stereocenters. The molecule has 0 aliphatic carbocycles. The van der Waals surface area contributed by atoms with Crippen LogP contribution in [-0.4, -0.2) is 9.55 Å². The molecule has 0 saturated carbocycles. The van der Waals surface area contributed by atoms with Gasteiger partial charge in [-0.2, -0.15) is 0 Å². The Morgan fingerprint density at radius 1 is 1.60 bits per heavy atom. The Hall–Kier alpha value is -1.62. The van der Waals surface area contributed by atoms with Crippen LogP contribution in [0.5, 0.6) is 0 Å². The Morgan fingerprint density at radius 3 is 3.00 bits per heavy atom. The Labute approximate surface area is 91.0 Å². The van der Waals surface area contributed by atoms with Crippen LogP contribution in [0.3, 0.4) is 0 Å². The van der Waals surface area contributed by atoms with Crippen LogP contribution in [0.4, 0.5) is 5.69 Å². The number of aryl methyl sites for hydroxylation is 1. The second kappa shape index (κ2) is 3.86. The summed E-state index contributed by atoms with van der Waals surface area (Å²) in [6, 6.07) is 1.48. The summed E-state index contributed by atoms with van der Waals surface area (Å²) in [4.78, 5) is 16.4. The zero-order chi connectivity index (χ0) is 10.8. The third kappa shape index (κ3) is 2.24. The van der Waals surface area contributed by atoms with Crippen LogP contribution in [0.1, 0.15) is 9.88 Å². The Balaban J connectivity index is 2.25. The van der Waals surface area contributed by atoms with E-state index in [4.69, 9.17) is 5.73 Å². The van der Waals surface area contributed by atoms with Gasteiger partial charge in [0.2, 0.25) is 5.43 Å². The molecule has 0 amide bonds. The molecular weight excluding hydrogens is 210 g/mol. The van der Waals surface area contributed by atoms with E-state index in [-0.39, 0.29) is 11.1 Å². The second-order valence-corrected chi connectivity index (χ2v) is 4.60. The van der Waals surface area contributed by atoms with Gasteiger partial charge in [-0.05, 0) is 6.92 Å². The maximum absolute atomic E-state index is 11.1. The number of nitrogen functional groups attached to an aromatic ring is 1. The number of aromatic nitrogens is 2. The molecule has 0 aliphatic rings. The van der Waals surface area contributed by atoms with Crippen molar-refractivity contribution in [3.05, 3.63) is 44.8 Å². The highest BCUT2D eigenvalue weighted by atomic mass is 32.1. The molecule has 2 aromatic heterocycles. The molecule has 0 aliphatic heterocycles. The van der Waals surface area contributed by atoms with Crippen molar-refractivity contribution in [1.82, 2.24) is 9.55 Å². The van der Waals surface area contributed by atoms with E-state index in [0.29, 0.717) is 6.54 Å². The Kier molecular flexibility index (Phi) is 2.55. The number of thiazole rings is 1. The SMILES string of the molecule is Cc1ncc(Cn2ccc(=O)c(N)c2)s1. The number of hydrogen-bond donors (Lipinski definition) is 1. The monoisotopic (exact) mass is 221 g/mol. The quantitative estimate of drug-likeness (QED) is 0.830. The first-order valence-corrected chi connectivity index (χ1v) is 5.33. The van der Waals surface area contributed by atoms with Crippen LogP contribution >= 0.6 is 11.3 Å². The maximum atomic E-state index is 11.1. The molecule has 0 spiro atoms. The number of nitrogens with zero attached hydrogens (tertiary/aromatic N) is 2. The molecule has 2 heterocycles. The first-order chi connectivity index (χ1) is 7.15. The summed E-state index contributed by atoms with van der Waals surface area (Å²) in [7, 11) is 0. The van der Waals surface area contributed by atoms with E-state index in [9.17, 15) is 4.79 Å². The van der Waals surface area contributed by atoms with Gasteiger partial charge < -0.3 is 10.3 Å². The van der Waals surface area contributed by atoms with Crippen LogP contribution < -0.4 is 11.2 Å². The van der Waals surface area contributed by atoms with E-state index in [1.165, 1.54) is 6.07 Å². The predicted octanol–water partition coefficient (Wildman–Crippen LogP) is 1.24. The molecule has 78 valence electrons. The summed E-state index contributed by atoms with van der Waals surface area (Å²) in [5, 5.41) is 1.04. The van der Waals surface area contributed by atoms with Crippen LogP contribution in [-0.2, 0) is 6.54 Å². The average Bonchev–Trinajstić information content (AvgIpc) is 2.58. The summed E-state index contributed by atoms with van der Waals surface area (Å²) in [6.45, 7) is 2.67. The normalized spacial score (nSPS) is 10.5. The third-order valence-electron chi connectivity index (χ3n) is 2.01. The summed E-state index contributed by atoms with van der Waals surface area (Å²) in [5.41, 5.74) is 5.68. The Morgan fingerprint density at radius 2 is 2.40 bits per heavy atom. The molecule has 2 N–H and O–H groups in total. The molecule has 2 aromatic rings. The van der Waals surface area contributed by atoms with Crippen LogP contribution in [0.2, 0.25) is 0 Å². The molecule has 4 nitrogen and oxygen atoms in total. The standard InChI is InChI=1S/C10H11N3OS/c1-7-12-4-8(15-7)5-13-3-2-10(14)9(11)6-13/h2-4,6H,5,11H2,1H3. The van der Waals surface area contributed by atoms with Gasteiger partial charge in [-0.25, -0.2) is 4.98 Å². The lowest BCUT2D eigenvalue weighted by Crippen LogP contribution is -2.10. The number of pyridine rings is 1. The first-order valence-electron chi connectivity index (χ1n) is 4.52. The molecule has 0 fully saturated rings. The summed E-state index contributed by atoms with van der Waals surface area (Å²) >= 11 is 1.64. The van der Waals surface area contributed by atoms with Crippen molar-refractivity contribution in [2.24, 2.45) is 0 Å². The molecule has 0 aromatic carbocycles. The minimum Gasteiger partial charge on any atom is -0.394 e. The van der Waals surface area contributed by atoms with E-state index in [0.717, 1.165) is 9.88 Å². The highest BCUT2D eigenvalue weighted by Gasteiger charge is 2.00. The largest absolute Gasteiger partial charge is 0.394 e. The molecule has 0 bridgehead atoms. The van der Waals surface area contributed by atoms with E-state index in [1.807, 2.05) is 17.7 Å². The predicted molar refractivity (Wildman–Crippen MR) is 61.1 cm³/mol. The minimum atomic E-state index is -0.133. The van der Waals surface area contributed by atoms with Gasteiger partial charge in [-0.1, -0.05) is 0 Å². The van der Waals surface area contributed by atoms with Gasteiger partial charge in [0.1, 0.15) is 0 Å². The van der Waals surface area contributed by atoms with E-state index in [1.54, 1.807) is 23.7 Å². The molecule has 5 heteroatoms. The fourth-order valence-corrected chi connectivity index (χ4v) is 2.11. The number of anilines is 1. The summed E-state index contributed by atoms with van der Waals surface area (Å²) in [6.07, 6.45) is 5.22. The summed E-state index contributed by atoms with van der Waals surface area (Å²) in [5.74, 6) is 0. The topological polar surface area (TPSA) is 60.9 Å². The zero-order valence-corrected chi connectivity index (χ0v) is 9.12. The molecule has 0 saturated heterocycles. The second-order valence-electron chi connectivity index (χ2n) is 3.28. The lowest BCUT2D eigenvalue weighted by atomic mass is 10.4. The van der Waals surface area contributed by atoms with E-state index < -0.39 is 0 Å². The van der Waals surface area contributed by atoms with Crippen LogP contribution in [0, 0.1) is 6.92 Å². The molecule has 2 rings (SSSR count). The van der Waals surface area contributed by atoms with Gasteiger partial charge in [-0.3, -0.25) is 4.79 Å². The first kappa shape index (κ1) is 9.92. The fourth-order valence-electron chi connectivity index (χ4n) is 1.30. The number of rotatable bonds is 2. The summed E-state index contributed by atoms with van der Waals surface area (Å²) < 4.78 is 1.88. The zero-order valence-electron chi connectivity index (χ0n) is 8.30. The average molecular weight is 221 g/mol.